The molecule has 0 fully saturated rings. The molecular weight excluding hydrogens is 186 g/mol. The minimum absolute atomic E-state index is 0.370. The van der Waals surface area contributed by atoms with Crippen molar-refractivity contribution in [3.63, 3.8) is 0 Å². The number of rotatable bonds is 1. The number of aromatic hydroxyl groups is 1. The zero-order valence-corrected chi connectivity index (χ0v) is 8.86. The molecule has 0 spiro atoms. The first-order valence-corrected chi connectivity index (χ1v) is 4.90. The molecule has 1 N–H and O–H groups in total. The number of aromatic nitrogens is 1. The number of phenols is 1. The lowest BCUT2D eigenvalue weighted by Crippen LogP contribution is -1.86. The average molecular weight is 199 g/mol. The van der Waals surface area contributed by atoms with Crippen LogP contribution in [0.15, 0.2) is 36.5 Å². The standard InChI is InChI=1S/C13H13NO/c1-9-7-11(8-10(2)13(9)15)12-5-3-4-6-14-12/h3-8,15H,1-2H3. The van der Waals surface area contributed by atoms with Crippen LogP contribution in [0.5, 0.6) is 5.75 Å². The van der Waals surface area contributed by atoms with Gasteiger partial charge in [0.1, 0.15) is 5.75 Å². The van der Waals surface area contributed by atoms with E-state index in [4.69, 9.17) is 0 Å². The molecular formula is C13H13NO. The predicted octanol–water partition coefficient (Wildman–Crippen LogP) is 3.07. The number of aryl methyl sites for hydroxylation is 2. The van der Waals surface area contributed by atoms with Crippen molar-refractivity contribution >= 4 is 0 Å². The molecule has 0 saturated heterocycles. The van der Waals surface area contributed by atoms with E-state index in [2.05, 4.69) is 4.98 Å². The van der Waals surface area contributed by atoms with Crippen molar-refractivity contribution in [3.05, 3.63) is 47.7 Å². The zero-order chi connectivity index (χ0) is 10.8. The molecule has 2 rings (SSSR count). The summed E-state index contributed by atoms with van der Waals surface area (Å²) in [6.45, 7) is 3.80. The molecule has 1 heterocycles. The number of nitrogens with zero attached hydrogens (tertiary/aromatic N) is 1. The topological polar surface area (TPSA) is 33.1 Å². The van der Waals surface area contributed by atoms with Gasteiger partial charge >= 0.3 is 0 Å². The van der Waals surface area contributed by atoms with Crippen molar-refractivity contribution in [2.45, 2.75) is 13.8 Å². The van der Waals surface area contributed by atoms with Crippen LogP contribution < -0.4 is 0 Å². The maximum Gasteiger partial charge on any atom is 0.121 e. The second kappa shape index (κ2) is 3.73. The first-order valence-electron chi connectivity index (χ1n) is 4.90. The monoisotopic (exact) mass is 199 g/mol. The van der Waals surface area contributed by atoms with Crippen LogP contribution in [0.25, 0.3) is 11.3 Å². The van der Waals surface area contributed by atoms with Crippen LogP contribution in [0.3, 0.4) is 0 Å². The minimum Gasteiger partial charge on any atom is -0.507 e. The summed E-state index contributed by atoms with van der Waals surface area (Å²) in [5, 5.41) is 9.66. The van der Waals surface area contributed by atoms with Crippen molar-refractivity contribution in [3.8, 4) is 17.0 Å². The lowest BCUT2D eigenvalue weighted by Gasteiger charge is -2.07. The highest BCUT2D eigenvalue weighted by atomic mass is 16.3. The summed E-state index contributed by atoms with van der Waals surface area (Å²) in [5.74, 6) is 0.370. The highest BCUT2D eigenvalue weighted by molar-refractivity contribution is 5.63. The van der Waals surface area contributed by atoms with Gasteiger partial charge in [0, 0.05) is 11.8 Å². The summed E-state index contributed by atoms with van der Waals surface area (Å²) in [7, 11) is 0. The molecule has 0 radical (unpaired) electrons. The van der Waals surface area contributed by atoms with Gasteiger partial charge < -0.3 is 5.11 Å². The quantitative estimate of drug-likeness (QED) is 0.765. The lowest BCUT2D eigenvalue weighted by atomic mass is 10.0. The molecule has 0 unspecified atom stereocenters. The van der Waals surface area contributed by atoms with Crippen LogP contribution in [-0.4, -0.2) is 10.1 Å². The number of hydrogen-bond acceptors (Lipinski definition) is 2. The molecule has 0 aliphatic carbocycles. The zero-order valence-electron chi connectivity index (χ0n) is 8.86. The number of benzene rings is 1. The van der Waals surface area contributed by atoms with Crippen molar-refractivity contribution in [2.24, 2.45) is 0 Å². The molecule has 2 aromatic rings. The maximum atomic E-state index is 9.66. The molecule has 0 bridgehead atoms. The molecule has 2 nitrogen and oxygen atoms in total. The minimum atomic E-state index is 0.370. The van der Waals surface area contributed by atoms with Crippen LogP contribution in [0.1, 0.15) is 11.1 Å². The Morgan fingerprint density at radius 3 is 2.27 bits per heavy atom. The van der Waals surface area contributed by atoms with Gasteiger partial charge in [-0.15, -0.1) is 0 Å². The number of phenolic OH excluding ortho intramolecular Hbond substituents is 1. The first kappa shape index (κ1) is 9.71. The number of hydrogen-bond donors (Lipinski definition) is 1. The van der Waals surface area contributed by atoms with Crippen molar-refractivity contribution in [2.75, 3.05) is 0 Å². The molecule has 0 amide bonds. The van der Waals surface area contributed by atoms with Crippen LogP contribution in [0.4, 0.5) is 0 Å². The normalized spacial score (nSPS) is 10.3. The van der Waals surface area contributed by atoms with E-state index in [0.717, 1.165) is 22.4 Å². The third-order valence-electron chi connectivity index (χ3n) is 2.45. The highest BCUT2D eigenvalue weighted by Gasteiger charge is 2.05. The van der Waals surface area contributed by atoms with E-state index in [-0.39, 0.29) is 0 Å². The fourth-order valence-electron chi connectivity index (χ4n) is 1.64. The third kappa shape index (κ3) is 1.84. The molecule has 0 atom stereocenters. The Labute approximate surface area is 89.2 Å². The van der Waals surface area contributed by atoms with Crippen molar-refractivity contribution in [1.29, 1.82) is 0 Å². The van der Waals surface area contributed by atoms with Gasteiger partial charge in [-0.25, -0.2) is 0 Å². The Bertz CT molecular complexity index is 454. The average Bonchev–Trinajstić information content (AvgIpc) is 2.26. The Hall–Kier alpha value is -1.83. The highest BCUT2D eigenvalue weighted by Crippen LogP contribution is 2.27. The van der Waals surface area contributed by atoms with E-state index >= 15 is 0 Å². The molecule has 2 heteroatoms. The van der Waals surface area contributed by atoms with Crippen LogP contribution >= 0.6 is 0 Å². The summed E-state index contributed by atoms with van der Waals surface area (Å²) in [4.78, 5) is 4.28. The largest absolute Gasteiger partial charge is 0.507 e. The van der Waals surface area contributed by atoms with Gasteiger partial charge in [0.15, 0.2) is 0 Å². The third-order valence-corrected chi connectivity index (χ3v) is 2.45. The van der Waals surface area contributed by atoms with Crippen LogP contribution in [0.2, 0.25) is 0 Å². The fraction of sp³-hybridized carbons (Fsp3) is 0.154. The smallest absolute Gasteiger partial charge is 0.121 e. The molecule has 0 aliphatic heterocycles. The molecule has 0 saturated carbocycles. The molecule has 1 aromatic carbocycles. The Balaban J connectivity index is 2.56. The van der Waals surface area contributed by atoms with Gasteiger partial charge in [-0.3, -0.25) is 4.98 Å². The maximum absolute atomic E-state index is 9.66. The lowest BCUT2D eigenvalue weighted by molar-refractivity contribution is 0.467. The summed E-state index contributed by atoms with van der Waals surface area (Å²) in [6.07, 6.45) is 1.77. The summed E-state index contributed by atoms with van der Waals surface area (Å²) in [6, 6.07) is 9.71. The van der Waals surface area contributed by atoms with Gasteiger partial charge in [-0.1, -0.05) is 6.07 Å². The summed E-state index contributed by atoms with van der Waals surface area (Å²) >= 11 is 0. The van der Waals surface area contributed by atoms with Gasteiger partial charge in [0.2, 0.25) is 0 Å². The summed E-state index contributed by atoms with van der Waals surface area (Å²) < 4.78 is 0. The van der Waals surface area contributed by atoms with E-state index in [0.29, 0.717) is 5.75 Å². The van der Waals surface area contributed by atoms with Crippen LogP contribution in [-0.2, 0) is 0 Å². The first-order chi connectivity index (χ1) is 7.18. The molecule has 15 heavy (non-hydrogen) atoms. The summed E-state index contributed by atoms with van der Waals surface area (Å²) in [5.41, 5.74) is 3.75. The van der Waals surface area contributed by atoms with Gasteiger partial charge in [-0.05, 0) is 49.2 Å². The predicted molar refractivity (Wildman–Crippen MR) is 60.8 cm³/mol. The van der Waals surface area contributed by atoms with E-state index in [1.165, 1.54) is 0 Å². The van der Waals surface area contributed by atoms with E-state index < -0.39 is 0 Å². The van der Waals surface area contributed by atoms with Gasteiger partial charge in [-0.2, -0.15) is 0 Å². The fourth-order valence-corrected chi connectivity index (χ4v) is 1.64. The number of pyridine rings is 1. The second-order valence-corrected chi connectivity index (χ2v) is 3.67. The second-order valence-electron chi connectivity index (χ2n) is 3.67. The van der Waals surface area contributed by atoms with Gasteiger partial charge in [0.25, 0.3) is 0 Å². The van der Waals surface area contributed by atoms with Crippen molar-refractivity contribution in [1.82, 2.24) is 4.98 Å². The SMILES string of the molecule is Cc1cc(-c2ccccn2)cc(C)c1O. The molecule has 1 aromatic heterocycles. The Morgan fingerprint density at radius 1 is 1.07 bits per heavy atom. The molecule has 76 valence electrons. The molecule has 0 aliphatic rings. The van der Waals surface area contributed by atoms with Crippen molar-refractivity contribution < 1.29 is 5.11 Å². The Morgan fingerprint density at radius 2 is 1.73 bits per heavy atom. The Kier molecular flexibility index (Phi) is 2.42. The van der Waals surface area contributed by atoms with E-state index in [1.54, 1.807) is 6.20 Å². The van der Waals surface area contributed by atoms with Crippen LogP contribution in [0, 0.1) is 13.8 Å². The van der Waals surface area contributed by atoms with E-state index in [1.807, 2.05) is 44.2 Å². The van der Waals surface area contributed by atoms with Gasteiger partial charge in [0.05, 0.1) is 5.69 Å². The van der Waals surface area contributed by atoms with E-state index in [9.17, 15) is 5.11 Å².